The number of anilines is 2. The molecule has 52 heavy (non-hydrogen) atoms. The summed E-state index contributed by atoms with van der Waals surface area (Å²) in [6.07, 6.45) is 3.78. The van der Waals surface area contributed by atoms with Gasteiger partial charge < -0.3 is 19.3 Å². The molecule has 2 aromatic carbocycles. The number of fused-ring (bicyclic) bond motifs is 2. The van der Waals surface area contributed by atoms with Crippen molar-refractivity contribution < 1.29 is 19.1 Å². The molecular formula is C44H44N4O4. The van der Waals surface area contributed by atoms with Gasteiger partial charge in [-0.05, 0) is 97.2 Å². The van der Waals surface area contributed by atoms with Crippen LogP contribution in [0.5, 0.6) is 0 Å². The average molecular weight is 693 g/mol. The summed E-state index contributed by atoms with van der Waals surface area (Å²) < 4.78 is 10.8. The van der Waals surface area contributed by atoms with Gasteiger partial charge in [0.1, 0.15) is 11.4 Å². The number of rotatable bonds is 2. The molecule has 4 aromatic rings. The number of benzene rings is 2. The lowest BCUT2D eigenvalue weighted by Crippen LogP contribution is -2.36. The van der Waals surface area contributed by atoms with Crippen LogP contribution in [-0.2, 0) is 22.3 Å². The summed E-state index contributed by atoms with van der Waals surface area (Å²) in [4.78, 5) is 38.0. The molecule has 2 aliphatic heterocycles. The number of ketones is 2. The van der Waals surface area contributed by atoms with Crippen LogP contribution < -0.4 is 9.80 Å². The van der Waals surface area contributed by atoms with Gasteiger partial charge in [-0.25, -0.2) is 9.97 Å². The van der Waals surface area contributed by atoms with E-state index in [-0.39, 0.29) is 17.0 Å². The van der Waals surface area contributed by atoms with Crippen LogP contribution in [0.1, 0.15) is 87.7 Å². The lowest BCUT2D eigenvalue weighted by atomic mass is 9.75. The molecule has 0 bridgehead atoms. The van der Waals surface area contributed by atoms with Gasteiger partial charge in [-0.3, -0.25) is 9.59 Å². The zero-order valence-corrected chi connectivity index (χ0v) is 30.0. The van der Waals surface area contributed by atoms with Crippen LogP contribution in [-0.4, -0.2) is 74.1 Å². The van der Waals surface area contributed by atoms with Gasteiger partial charge in [0, 0.05) is 72.6 Å². The van der Waals surface area contributed by atoms with Gasteiger partial charge in [0.25, 0.3) is 0 Å². The fraction of sp³-hybridized carbons (Fsp3) is 0.364. The fourth-order valence-corrected chi connectivity index (χ4v) is 7.05. The minimum atomic E-state index is -0.0321. The van der Waals surface area contributed by atoms with Crippen molar-refractivity contribution in [3.8, 4) is 23.7 Å². The maximum atomic E-state index is 12.3. The molecule has 8 heteroatoms. The zero-order valence-electron chi connectivity index (χ0n) is 30.0. The molecular weight excluding hydrogens is 649 g/mol. The topological polar surface area (TPSA) is 84.9 Å². The third-order valence-corrected chi connectivity index (χ3v) is 9.77. The van der Waals surface area contributed by atoms with E-state index in [2.05, 4.69) is 81.6 Å². The van der Waals surface area contributed by atoms with Crippen LogP contribution >= 0.6 is 0 Å². The Labute approximate surface area is 306 Å². The van der Waals surface area contributed by atoms with E-state index in [1.807, 2.05) is 48.5 Å². The molecule has 0 amide bonds. The minimum Gasteiger partial charge on any atom is -0.378 e. The van der Waals surface area contributed by atoms with Gasteiger partial charge in [-0.2, -0.15) is 0 Å². The van der Waals surface area contributed by atoms with E-state index in [0.717, 1.165) is 117 Å². The first-order valence-corrected chi connectivity index (χ1v) is 18.3. The van der Waals surface area contributed by atoms with Gasteiger partial charge >= 0.3 is 0 Å². The summed E-state index contributed by atoms with van der Waals surface area (Å²) in [6.45, 7) is 11.0. The average Bonchev–Trinajstić information content (AvgIpc) is 3.17. The van der Waals surface area contributed by atoms with E-state index in [9.17, 15) is 9.59 Å². The summed E-state index contributed by atoms with van der Waals surface area (Å²) in [5.41, 5.74) is 9.01. The molecule has 2 aromatic heterocycles. The molecule has 264 valence electrons. The van der Waals surface area contributed by atoms with Crippen molar-refractivity contribution in [1.82, 2.24) is 9.97 Å². The number of nitrogens with zero attached hydrogens (tertiary/aromatic N) is 4. The van der Waals surface area contributed by atoms with Crippen LogP contribution in [0.2, 0.25) is 0 Å². The number of hydrogen-bond donors (Lipinski definition) is 0. The number of aromatic nitrogens is 2. The quantitative estimate of drug-likeness (QED) is 0.226. The standard InChI is InChI=1S/C23H24N2O2.C21H20N2O2/c1-23(2)15-21-20(22(26)16-23)9-8-18(24-21)7-6-17-4-3-5-19(14-17)25-10-12-27-13-11-25;24-21-6-2-5-20-19(21)10-9-17(22-20)8-7-16-3-1-4-18(15-16)23-11-13-25-14-12-23/h3-5,8-9,14H,10-13,15-16H2,1-2H3;1,3-4,9-10,15H,2,5-6,11-14H2. The van der Waals surface area contributed by atoms with Crippen molar-refractivity contribution in [2.75, 3.05) is 62.4 Å². The second-order valence-electron chi connectivity index (χ2n) is 14.4. The number of aryl methyl sites for hydroxylation is 1. The molecule has 0 unspecified atom stereocenters. The van der Waals surface area contributed by atoms with Crippen molar-refractivity contribution >= 4 is 22.9 Å². The molecule has 0 radical (unpaired) electrons. The predicted octanol–water partition coefficient (Wildman–Crippen LogP) is 6.31. The Balaban J connectivity index is 0.000000162. The third-order valence-electron chi connectivity index (χ3n) is 9.77. The van der Waals surface area contributed by atoms with Gasteiger partial charge in [-0.1, -0.05) is 37.8 Å². The largest absolute Gasteiger partial charge is 0.378 e. The predicted molar refractivity (Wildman–Crippen MR) is 203 cm³/mol. The number of ether oxygens (including phenoxy) is 2. The van der Waals surface area contributed by atoms with E-state index >= 15 is 0 Å². The van der Waals surface area contributed by atoms with Gasteiger partial charge in [0.15, 0.2) is 11.6 Å². The molecule has 4 aliphatic rings. The highest BCUT2D eigenvalue weighted by Crippen LogP contribution is 2.33. The van der Waals surface area contributed by atoms with Crippen molar-refractivity contribution in [1.29, 1.82) is 0 Å². The molecule has 2 saturated heterocycles. The molecule has 2 aliphatic carbocycles. The summed E-state index contributed by atoms with van der Waals surface area (Å²) in [7, 11) is 0. The molecule has 2 fully saturated rings. The first-order valence-electron chi connectivity index (χ1n) is 18.3. The Hall–Kier alpha value is -5.28. The molecule has 8 nitrogen and oxygen atoms in total. The van der Waals surface area contributed by atoms with Crippen molar-refractivity contribution in [3.05, 3.63) is 118 Å². The third kappa shape index (κ3) is 8.77. The van der Waals surface area contributed by atoms with Crippen LogP contribution in [0.15, 0.2) is 72.8 Å². The van der Waals surface area contributed by atoms with E-state index in [1.165, 1.54) is 11.4 Å². The van der Waals surface area contributed by atoms with Crippen LogP contribution in [0.3, 0.4) is 0 Å². The molecule has 0 spiro atoms. The van der Waals surface area contributed by atoms with Crippen molar-refractivity contribution in [3.63, 3.8) is 0 Å². The highest BCUT2D eigenvalue weighted by molar-refractivity contribution is 5.99. The van der Waals surface area contributed by atoms with Gasteiger partial charge in [-0.15, -0.1) is 0 Å². The number of carbonyl (C=O) groups is 2. The Bertz CT molecular complexity index is 2090. The molecule has 8 rings (SSSR count). The number of carbonyl (C=O) groups excluding carboxylic acids is 2. The van der Waals surface area contributed by atoms with E-state index < -0.39 is 0 Å². The number of hydrogen-bond acceptors (Lipinski definition) is 8. The maximum Gasteiger partial charge on any atom is 0.165 e. The van der Waals surface area contributed by atoms with Crippen LogP contribution in [0.25, 0.3) is 0 Å². The molecule has 0 N–H and O–H groups in total. The lowest BCUT2D eigenvalue weighted by molar-refractivity contribution is 0.0909. The first kappa shape index (κ1) is 35.1. The number of morpholine rings is 2. The summed E-state index contributed by atoms with van der Waals surface area (Å²) in [5, 5.41) is 0. The monoisotopic (exact) mass is 692 g/mol. The summed E-state index contributed by atoms with van der Waals surface area (Å²) in [5.74, 6) is 13.1. The maximum absolute atomic E-state index is 12.3. The van der Waals surface area contributed by atoms with E-state index in [0.29, 0.717) is 12.8 Å². The smallest absolute Gasteiger partial charge is 0.165 e. The van der Waals surface area contributed by atoms with Gasteiger partial charge in [0.05, 0.1) is 37.8 Å². The second kappa shape index (κ2) is 15.9. The number of pyridine rings is 2. The molecule has 4 heterocycles. The summed E-state index contributed by atoms with van der Waals surface area (Å²) in [6, 6.07) is 24.0. The van der Waals surface area contributed by atoms with E-state index in [4.69, 9.17) is 9.47 Å². The lowest BCUT2D eigenvalue weighted by Gasteiger charge is -2.29. The Morgan fingerprint density at radius 1 is 0.596 bits per heavy atom. The van der Waals surface area contributed by atoms with Crippen molar-refractivity contribution in [2.24, 2.45) is 5.41 Å². The van der Waals surface area contributed by atoms with Crippen LogP contribution in [0.4, 0.5) is 11.4 Å². The minimum absolute atomic E-state index is 0.0321. The fourth-order valence-electron chi connectivity index (χ4n) is 7.05. The second-order valence-corrected chi connectivity index (χ2v) is 14.4. The Morgan fingerprint density at radius 3 is 1.67 bits per heavy atom. The van der Waals surface area contributed by atoms with E-state index in [1.54, 1.807) is 0 Å². The summed E-state index contributed by atoms with van der Waals surface area (Å²) >= 11 is 0. The van der Waals surface area contributed by atoms with Crippen LogP contribution in [0, 0.1) is 29.1 Å². The SMILES string of the molecule is CC1(C)CC(=O)c2ccc(C#Cc3cccc(N4CCOCC4)c3)nc2C1.O=C1CCCc2nc(C#Cc3cccc(N4CCOCC4)c3)ccc21. The first-order chi connectivity index (χ1) is 25.3. The molecule has 0 saturated carbocycles. The highest BCUT2D eigenvalue weighted by Gasteiger charge is 2.31. The Morgan fingerprint density at radius 2 is 1.12 bits per heavy atom. The molecule has 0 atom stereocenters. The Kier molecular flexibility index (Phi) is 10.8. The van der Waals surface area contributed by atoms with Gasteiger partial charge in [0.2, 0.25) is 0 Å². The normalized spacial score (nSPS) is 17.7. The number of Topliss-reactive ketones (excluding diaryl/α,β-unsaturated/α-hetero) is 2. The van der Waals surface area contributed by atoms with Crippen molar-refractivity contribution in [2.45, 2.75) is 46.0 Å². The zero-order chi connectivity index (χ0) is 35.9. The highest BCUT2D eigenvalue weighted by atomic mass is 16.5.